The van der Waals surface area contributed by atoms with Crippen molar-refractivity contribution < 1.29 is 9.53 Å². The number of carbonyl (C=O) groups excluding carboxylic acids is 1. The molecule has 5 heteroatoms. The number of ether oxygens (including phenoxy) is 1. The van der Waals surface area contributed by atoms with Gasteiger partial charge in [-0.15, -0.1) is 0 Å². The zero-order valence-electron chi connectivity index (χ0n) is 10.8. The van der Waals surface area contributed by atoms with Crippen molar-refractivity contribution in [1.29, 1.82) is 0 Å². The zero-order valence-corrected chi connectivity index (χ0v) is 10.8. The molecule has 1 aromatic rings. The summed E-state index contributed by atoms with van der Waals surface area (Å²) < 4.78 is 7.24. The van der Waals surface area contributed by atoms with Gasteiger partial charge in [0.05, 0.1) is 6.20 Å². The predicted molar refractivity (Wildman–Crippen MR) is 65.0 cm³/mol. The van der Waals surface area contributed by atoms with E-state index in [0.29, 0.717) is 12.5 Å². The number of hydrogen-bond acceptors (Lipinski definition) is 3. The number of nitrogens with zero attached hydrogens (tertiary/aromatic N) is 3. The minimum absolute atomic E-state index is 0.300. The molecule has 0 fully saturated rings. The van der Waals surface area contributed by atoms with Crippen molar-refractivity contribution in [2.45, 2.75) is 39.8 Å². The fourth-order valence-corrected chi connectivity index (χ4v) is 1.94. The smallest absolute Gasteiger partial charge is 0.416 e. The molecule has 94 valence electrons. The molecule has 1 aliphatic rings. The third-order valence-corrected chi connectivity index (χ3v) is 2.56. The van der Waals surface area contributed by atoms with Gasteiger partial charge < -0.3 is 4.74 Å². The Morgan fingerprint density at radius 3 is 2.82 bits per heavy atom. The maximum Gasteiger partial charge on any atom is 0.416 e. The van der Waals surface area contributed by atoms with Crippen molar-refractivity contribution in [2.75, 3.05) is 11.4 Å². The standard InChI is InChI=1S/C12H19N3O2/c1-9-7-14(11(16)17-12(2,3)4)10-5-6-13-15(10)8-9/h5-6,9H,7-8H2,1-4H3. The Kier molecular flexibility index (Phi) is 2.85. The molecule has 2 rings (SSSR count). The van der Waals surface area contributed by atoms with Gasteiger partial charge in [-0.25, -0.2) is 9.48 Å². The van der Waals surface area contributed by atoms with Crippen molar-refractivity contribution in [3.63, 3.8) is 0 Å². The highest BCUT2D eigenvalue weighted by Gasteiger charge is 2.30. The van der Waals surface area contributed by atoms with Crippen LogP contribution in [-0.2, 0) is 11.3 Å². The van der Waals surface area contributed by atoms with Gasteiger partial charge in [-0.3, -0.25) is 4.90 Å². The summed E-state index contributed by atoms with van der Waals surface area (Å²) >= 11 is 0. The lowest BCUT2D eigenvalue weighted by molar-refractivity contribution is 0.0565. The lowest BCUT2D eigenvalue weighted by Crippen LogP contribution is -2.44. The fourth-order valence-electron chi connectivity index (χ4n) is 1.94. The van der Waals surface area contributed by atoms with E-state index in [1.54, 1.807) is 11.1 Å². The van der Waals surface area contributed by atoms with E-state index in [1.807, 2.05) is 31.5 Å². The van der Waals surface area contributed by atoms with E-state index in [2.05, 4.69) is 12.0 Å². The first-order chi connectivity index (χ1) is 7.87. The van der Waals surface area contributed by atoms with Gasteiger partial charge in [0.1, 0.15) is 11.4 Å². The van der Waals surface area contributed by atoms with E-state index >= 15 is 0 Å². The lowest BCUT2D eigenvalue weighted by atomic mass is 10.1. The second-order valence-corrected chi connectivity index (χ2v) is 5.57. The molecule has 0 radical (unpaired) electrons. The highest BCUT2D eigenvalue weighted by molar-refractivity contribution is 5.87. The lowest BCUT2D eigenvalue weighted by Gasteiger charge is -2.33. The maximum atomic E-state index is 12.1. The molecule has 1 aromatic heterocycles. The van der Waals surface area contributed by atoms with Crippen LogP contribution in [0.3, 0.4) is 0 Å². The van der Waals surface area contributed by atoms with Gasteiger partial charge in [0.15, 0.2) is 0 Å². The Labute approximate surface area is 101 Å². The summed E-state index contributed by atoms with van der Waals surface area (Å²) in [6.07, 6.45) is 1.41. The molecule has 1 amide bonds. The third kappa shape index (κ3) is 2.60. The molecule has 5 nitrogen and oxygen atoms in total. The van der Waals surface area contributed by atoms with E-state index in [4.69, 9.17) is 4.74 Å². The molecule has 1 aliphatic heterocycles. The van der Waals surface area contributed by atoms with Crippen LogP contribution in [0.4, 0.5) is 10.6 Å². The fraction of sp³-hybridized carbons (Fsp3) is 0.667. The number of aromatic nitrogens is 2. The molecule has 0 N–H and O–H groups in total. The van der Waals surface area contributed by atoms with Gasteiger partial charge in [-0.1, -0.05) is 6.92 Å². The Hall–Kier alpha value is -1.52. The minimum Gasteiger partial charge on any atom is -0.443 e. The molecule has 0 aliphatic carbocycles. The highest BCUT2D eigenvalue weighted by Crippen LogP contribution is 2.24. The molecule has 0 bridgehead atoms. The first-order valence-corrected chi connectivity index (χ1v) is 5.89. The highest BCUT2D eigenvalue weighted by atomic mass is 16.6. The third-order valence-electron chi connectivity index (χ3n) is 2.56. The Bertz CT molecular complexity index is 420. The van der Waals surface area contributed by atoms with Gasteiger partial charge in [0.25, 0.3) is 0 Å². The van der Waals surface area contributed by atoms with Gasteiger partial charge in [-0.2, -0.15) is 5.10 Å². The summed E-state index contributed by atoms with van der Waals surface area (Å²) in [6, 6.07) is 1.84. The number of rotatable bonds is 0. The first-order valence-electron chi connectivity index (χ1n) is 5.89. The molecule has 0 saturated heterocycles. The number of amides is 1. The van der Waals surface area contributed by atoms with Gasteiger partial charge >= 0.3 is 6.09 Å². The van der Waals surface area contributed by atoms with Crippen LogP contribution in [0.2, 0.25) is 0 Å². The number of fused-ring (bicyclic) bond motifs is 1. The normalized spacial score (nSPS) is 20.0. The van der Waals surface area contributed by atoms with Gasteiger partial charge in [0, 0.05) is 19.2 Å². The second-order valence-electron chi connectivity index (χ2n) is 5.57. The average Bonchev–Trinajstić information content (AvgIpc) is 2.60. The topological polar surface area (TPSA) is 47.4 Å². The van der Waals surface area contributed by atoms with Crippen LogP contribution < -0.4 is 4.90 Å². The molecular formula is C12H19N3O2. The van der Waals surface area contributed by atoms with Crippen LogP contribution in [0.15, 0.2) is 12.3 Å². The maximum absolute atomic E-state index is 12.1. The van der Waals surface area contributed by atoms with Crippen LogP contribution in [0, 0.1) is 5.92 Å². The number of anilines is 1. The molecule has 1 unspecified atom stereocenters. The van der Waals surface area contributed by atoms with Crippen molar-refractivity contribution >= 4 is 11.9 Å². The zero-order chi connectivity index (χ0) is 12.6. The number of hydrogen-bond donors (Lipinski definition) is 0. The van der Waals surface area contributed by atoms with Gasteiger partial charge in [-0.05, 0) is 26.7 Å². The van der Waals surface area contributed by atoms with Crippen molar-refractivity contribution in [1.82, 2.24) is 9.78 Å². The van der Waals surface area contributed by atoms with E-state index in [9.17, 15) is 4.79 Å². The molecule has 0 saturated carbocycles. The molecule has 2 heterocycles. The van der Waals surface area contributed by atoms with Crippen LogP contribution in [0.5, 0.6) is 0 Å². The van der Waals surface area contributed by atoms with Crippen molar-refractivity contribution in [3.8, 4) is 0 Å². The number of carbonyl (C=O) groups is 1. The Balaban J connectivity index is 2.20. The molecule has 0 aromatic carbocycles. The summed E-state index contributed by atoms with van der Waals surface area (Å²) in [5.41, 5.74) is -0.470. The molecular weight excluding hydrogens is 218 g/mol. The predicted octanol–water partition coefficient (Wildman–Crippen LogP) is 2.27. The summed E-state index contributed by atoms with van der Waals surface area (Å²) in [6.45, 7) is 9.24. The van der Waals surface area contributed by atoms with E-state index in [1.165, 1.54) is 0 Å². The quantitative estimate of drug-likeness (QED) is 0.695. The molecule has 17 heavy (non-hydrogen) atoms. The largest absolute Gasteiger partial charge is 0.443 e. The van der Waals surface area contributed by atoms with Crippen LogP contribution in [-0.4, -0.2) is 28.0 Å². The summed E-state index contributed by atoms with van der Waals surface area (Å²) in [4.78, 5) is 13.7. The van der Waals surface area contributed by atoms with E-state index in [0.717, 1.165) is 12.4 Å². The summed E-state index contributed by atoms with van der Waals surface area (Å²) in [5, 5.41) is 4.20. The Morgan fingerprint density at radius 2 is 2.18 bits per heavy atom. The van der Waals surface area contributed by atoms with Gasteiger partial charge in [0.2, 0.25) is 0 Å². The SMILES string of the molecule is CC1CN(C(=O)OC(C)(C)C)c2ccnn2C1. The second kappa shape index (κ2) is 4.05. The summed E-state index contributed by atoms with van der Waals surface area (Å²) in [7, 11) is 0. The van der Waals surface area contributed by atoms with Crippen LogP contribution in [0.1, 0.15) is 27.7 Å². The van der Waals surface area contributed by atoms with Crippen LogP contribution in [0.25, 0.3) is 0 Å². The monoisotopic (exact) mass is 237 g/mol. The van der Waals surface area contributed by atoms with E-state index < -0.39 is 5.60 Å². The van der Waals surface area contributed by atoms with Crippen molar-refractivity contribution in [2.24, 2.45) is 5.92 Å². The average molecular weight is 237 g/mol. The summed E-state index contributed by atoms with van der Waals surface area (Å²) in [5.74, 6) is 1.20. The first kappa shape index (κ1) is 12.0. The van der Waals surface area contributed by atoms with Crippen LogP contribution >= 0.6 is 0 Å². The van der Waals surface area contributed by atoms with E-state index in [-0.39, 0.29) is 6.09 Å². The van der Waals surface area contributed by atoms with Crippen molar-refractivity contribution in [3.05, 3.63) is 12.3 Å². The molecule has 0 spiro atoms. The minimum atomic E-state index is -0.470. The Morgan fingerprint density at radius 1 is 1.47 bits per heavy atom. The molecule has 1 atom stereocenters.